The number of alkyl halides is 3. The first-order chi connectivity index (χ1) is 9.93. The number of fused-ring (bicyclic) bond motifs is 1. The molecule has 1 N–H and O–H groups in total. The molecule has 0 bridgehead atoms. The normalized spacial score (nSPS) is 18.0. The molecule has 0 aliphatic carbocycles. The fourth-order valence-corrected chi connectivity index (χ4v) is 2.48. The molecule has 0 amide bonds. The zero-order chi connectivity index (χ0) is 15.0. The molecule has 0 radical (unpaired) electrons. The Morgan fingerprint density at radius 3 is 2.43 bits per heavy atom. The maximum Gasteiger partial charge on any atom is 0.416 e. The lowest BCUT2D eigenvalue weighted by atomic mass is 9.96. The minimum Gasteiger partial charge on any atom is -0.508 e. The van der Waals surface area contributed by atoms with E-state index >= 15 is 0 Å². The van der Waals surface area contributed by atoms with Crippen LogP contribution in [0.1, 0.15) is 29.2 Å². The summed E-state index contributed by atoms with van der Waals surface area (Å²) in [5, 5.41) is 9.47. The molecule has 0 saturated heterocycles. The van der Waals surface area contributed by atoms with E-state index in [1.54, 1.807) is 12.1 Å². The summed E-state index contributed by atoms with van der Waals surface area (Å²) in [4.78, 5) is 0. The predicted octanol–water partition coefficient (Wildman–Crippen LogP) is 4.48. The van der Waals surface area contributed by atoms with E-state index in [1.165, 1.54) is 18.2 Å². The first kappa shape index (κ1) is 13.8. The van der Waals surface area contributed by atoms with Crippen LogP contribution in [0.15, 0.2) is 42.5 Å². The molecule has 2 aromatic carbocycles. The van der Waals surface area contributed by atoms with Crippen LogP contribution in [-0.4, -0.2) is 5.11 Å². The van der Waals surface area contributed by atoms with Gasteiger partial charge in [-0.15, -0.1) is 0 Å². The van der Waals surface area contributed by atoms with Crippen LogP contribution in [0, 0.1) is 0 Å². The summed E-state index contributed by atoms with van der Waals surface area (Å²) in [6.07, 6.45) is -3.16. The predicted molar refractivity (Wildman–Crippen MR) is 71.2 cm³/mol. The van der Waals surface area contributed by atoms with Crippen LogP contribution in [0.2, 0.25) is 0 Å². The van der Waals surface area contributed by atoms with E-state index in [0.717, 1.165) is 24.1 Å². The van der Waals surface area contributed by atoms with Crippen LogP contribution < -0.4 is 4.74 Å². The van der Waals surface area contributed by atoms with Gasteiger partial charge in [0.2, 0.25) is 0 Å². The van der Waals surface area contributed by atoms with Crippen LogP contribution >= 0.6 is 0 Å². The Kier molecular flexibility index (Phi) is 3.27. The molecule has 1 atom stereocenters. The molecule has 2 aromatic rings. The summed E-state index contributed by atoms with van der Waals surface area (Å²) < 4.78 is 43.4. The van der Waals surface area contributed by atoms with Crippen molar-refractivity contribution in [3.05, 3.63) is 59.2 Å². The van der Waals surface area contributed by atoms with Crippen molar-refractivity contribution in [2.24, 2.45) is 0 Å². The zero-order valence-electron chi connectivity index (χ0n) is 11.0. The third kappa shape index (κ3) is 2.82. The van der Waals surface area contributed by atoms with Crippen molar-refractivity contribution in [1.29, 1.82) is 0 Å². The molecule has 0 saturated carbocycles. The molecule has 21 heavy (non-hydrogen) atoms. The molecule has 1 aliphatic heterocycles. The molecule has 0 spiro atoms. The average Bonchev–Trinajstić information content (AvgIpc) is 2.45. The summed E-state index contributed by atoms with van der Waals surface area (Å²) in [6.45, 7) is 0. The number of rotatable bonds is 1. The standard InChI is InChI=1S/C16H13F3O2/c17-16(18,19)12-5-1-10(2-6-12)14-8-4-11-3-7-13(20)9-15(11)21-14/h1-3,5-7,9,14,20H,4,8H2. The highest BCUT2D eigenvalue weighted by atomic mass is 19.4. The number of phenolic OH excluding ortho intramolecular Hbond substituents is 1. The molecule has 1 aliphatic rings. The lowest BCUT2D eigenvalue weighted by molar-refractivity contribution is -0.137. The Hall–Kier alpha value is -2.17. The van der Waals surface area contributed by atoms with Gasteiger partial charge in [-0.2, -0.15) is 13.2 Å². The van der Waals surface area contributed by atoms with Gasteiger partial charge in [0.05, 0.1) is 5.56 Å². The van der Waals surface area contributed by atoms with Crippen LogP contribution in [0.4, 0.5) is 13.2 Å². The topological polar surface area (TPSA) is 29.5 Å². The van der Waals surface area contributed by atoms with Crippen molar-refractivity contribution < 1.29 is 23.0 Å². The first-order valence-electron chi connectivity index (χ1n) is 6.59. The molecule has 1 unspecified atom stereocenters. The third-order valence-electron chi connectivity index (χ3n) is 3.61. The quantitative estimate of drug-likeness (QED) is 0.840. The van der Waals surface area contributed by atoms with E-state index in [9.17, 15) is 18.3 Å². The van der Waals surface area contributed by atoms with Gasteiger partial charge in [0.25, 0.3) is 0 Å². The summed E-state index contributed by atoms with van der Waals surface area (Å²) in [5.74, 6) is 0.702. The van der Waals surface area contributed by atoms with Gasteiger partial charge in [-0.3, -0.25) is 0 Å². The Bertz CT molecular complexity index is 648. The highest BCUT2D eigenvalue weighted by molar-refractivity contribution is 5.42. The zero-order valence-corrected chi connectivity index (χ0v) is 11.0. The molecule has 110 valence electrons. The minimum atomic E-state index is -4.33. The average molecular weight is 294 g/mol. The summed E-state index contributed by atoms with van der Waals surface area (Å²) in [6, 6.07) is 9.95. The van der Waals surface area contributed by atoms with Gasteiger partial charge < -0.3 is 9.84 Å². The van der Waals surface area contributed by atoms with Crippen LogP contribution in [0.5, 0.6) is 11.5 Å². The molecule has 0 fully saturated rings. The number of ether oxygens (including phenoxy) is 1. The van der Waals surface area contributed by atoms with E-state index in [4.69, 9.17) is 4.74 Å². The largest absolute Gasteiger partial charge is 0.508 e. The van der Waals surface area contributed by atoms with Gasteiger partial charge in [-0.25, -0.2) is 0 Å². The summed E-state index contributed by atoms with van der Waals surface area (Å²) in [7, 11) is 0. The van der Waals surface area contributed by atoms with Crippen molar-refractivity contribution in [1.82, 2.24) is 0 Å². The van der Waals surface area contributed by atoms with Gasteiger partial charge in [0, 0.05) is 6.07 Å². The van der Waals surface area contributed by atoms with E-state index in [2.05, 4.69) is 0 Å². The number of aryl methyl sites for hydroxylation is 1. The Balaban J connectivity index is 1.83. The van der Waals surface area contributed by atoms with E-state index in [1.807, 2.05) is 0 Å². The summed E-state index contributed by atoms with van der Waals surface area (Å²) >= 11 is 0. The number of hydrogen-bond donors (Lipinski definition) is 1. The monoisotopic (exact) mass is 294 g/mol. The number of hydrogen-bond acceptors (Lipinski definition) is 2. The van der Waals surface area contributed by atoms with E-state index in [0.29, 0.717) is 17.7 Å². The fourth-order valence-electron chi connectivity index (χ4n) is 2.48. The van der Waals surface area contributed by atoms with Gasteiger partial charge in [0.15, 0.2) is 0 Å². The summed E-state index contributed by atoms with van der Waals surface area (Å²) in [5.41, 5.74) is 1.04. The molecular formula is C16H13F3O2. The second-order valence-corrected chi connectivity index (χ2v) is 5.06. The molecule has 0 aromatic heterocycles. The molecule has 3 rings (SSSR count). The van der Waals surface area contributed by atoms with E-state index in [-0.39, 0.29) is 11.9 Å². The number of phenols is 1. The number of halogens is 3. The van der Waals surface area contributed by atoms with Crippen molar-refractivity contribution >= 4 is 0 Å². The van der Waals surface area contributed by atoms with Crippen molar-refractivity contribution in [3.8, 4) is 11.5 Å². The maximum absolute atomic E-state index is 12.5. The molecular weight excluding hydrogens is 281 g/mol. The fraction of sp³-hybridized carbons (Fsp3) is 0.250. The van der Waals surface area contributed by atoms with Gasteiger partial charge in [-0.1, -0.05) is 18.2 Å². The van der Waals surface area contributed by atoms with Crippen molar-refractivity contribution in [2.45, 2.75) is 25.1 Å². The van der Waals surface area contributed by atoms with E-state index < -0.39 is 11.7 Å². The molecule has 1 heterocycles. The SMILES string of the molecule is Oc1ccc2c(c1)OC(c1ccc(C(F)(F)F)cc1)CC2. The Morgan fingerprint density at radius 1 is 1.05 bits per heavy atom. The maximum atomic E-state index is 12.5. The van der Waals surface area contributed by atoms with Crippen LogP contribution in [0.25, 0.3) is 0 Å². The Labute approximate surface area is 119 Å². The number of aromatic hydroxyl groups is 1. The molecule has 5 heteroatoms. The van der Waals surface area contributed by atoms with Gasteiger partial charge in [0.1, 0.15) is 17.6 Å². The molecule has 2 nitrogen and oxygen atoms in total. The van der Waals surface area contributed by atoms with Crippen LogP contribution in [0.3, 0.4) is 0 Å². The lowest BCUT2D eigenvalue weighted by Gasteiger charge is -2.26. The number of benzene rings is 2. The lowest BCUT2D eigenvalue weighted by Crippen LogP contribution is -2.15. The minimum absolute atomic E-state index is 0.113. The second kappa shape index (κ2) is 4.98. The van der Waals surface area contributed by atoms with Gasteiger partial charge >= 0.3 is 6.18 Å². The highest BCUT2D eigenvalue weighted by Gasteiger charge is 2.30. The van der Waals surface area contributed by atoms with Crippen LogP contribution in [-0.2, 0) is 12.6 Å². The third-order valence-corrected chi connectivity index (χ3v) is 3.61. The van der Waals surface area contributed by atoms with Gasteiger partial charge in [-0.05, 0) is 42.2 Å². The Morgan fingerprint density at radius 2 is 1.76 bits per heavy atom. The second-order valence-electron chi connectivity index (χ2n) is 5.06. The highest BCUT2D eigenvalue weighted by Crippen LogP contribution is 2.37. The first-order valence-corrected chi connectivity index (χ1v) is 6.59. The van der Waals surface area contributed by atoms with Crippen molar-refractivity contribution in [2.75, 3.05) is 0 Å². The van der Waals surface area contributed by atoms with Crippen molar-refractivity contribution in [3.63, 3.8) is 0 Å². The smallest absolute Gasteiger partial charge is 0.416 e.